The van der Waals surface area contributed by atoms with Gasteiger partial charge in [0.25, 0.3) is 11.6 Å². The molecule has 1 amide bonds. The van der Waals surface area contributed by atoms with Crippen LogP contribution in [0, 0.1) is 10.1 Å². The van der Waals surface area contributed by atoms with Gasteiger partial charge in [0, 0.05) is 30.3 Å². The fourth-order valence-electron chi connectivity index (χ4n) is 2.93. The minimum atomic E-state index is -0.477. The number of hydrogen-bond acceptors (Lipinski definition) is 6. The average Bonchev–Trinajstić information content (AvgIpc) is 3.22. The molecule has 0 radical (unpaired) electrons. The molecule has 1 heterocycles. The summed E-state index contributed by atoms with van der Waals surface area (Å²) in [5.74, 6) is 0.885. The van der Waals surface area contributed by atoms with Crippen molar-refractivity contribution in [2.45, 2.75) is 13.3 Å². The molecular weight excluding hydrogens is 388 g/mol. The van der Waals surface area contributed by atoms with E-state index in [1.807, 2.05) is 6.92 Å². The van der Waals surface area contributed by atoms with E-state index < -0.39 is 4.92 Å². The zero-order chi connectivity index (χ0) is 21.7. The number of amides is 1. The molecule has 1 aromatic heterocycles. The van der Waals surface area contributed by atoms with Crippen LogP contribution in [0.5, 0.6) is 11.5 Å². The monoisotopic (exact) mass is 410 g/mol. The zero-order valence-electron chi connectivity index (χ0n) is 16.9. The van der Waals surface area contributed by atoms with Crippen LogP contribution in [-0.4, -0.2) is 41.4 Å². The molecule has 30 heavy (non-hydrogen) atoms. The molecule has 3 aromatic rings. The summed E-state index contributed by atoms with van der Waals surface area (Å²) in [7, 11) is 3.11. The van der Waals surface area contributed by atoms with Gasteiger partial charge in [-0.15, -0.1) is 0 Å². The van der Waals surface area contributed by atoms with E-state index in [0.29, 0.717) is 40.7 Å². The molecule has 9 heteroatoms. The van der Waals surface area contributed by atoms with E-state index in [1.54, 1.807) is 50.6 Å². The standard InChI is InChI=1S/C21H22N4O5/c1-4-11-22-21(26)19-13-18(17-10-9-16(29-2)12-20(17)30-3)23-24(19)14-5-7-15(8-6-14)25(27)28/h5-10,12-13H,4,11H2,1-3H3,(H,22,26). The van der Waals surface area contributed by atoms with Crippen molar-refractivity contribution in [1.82, 2.24) is 15.1 Å². The van der Waals surface area contributed by atoms with Gasteiger partial charge in [0.15, 0.2) is 0 Å². The Morgan fingerprint density at radius 1 is 1.13 bits per heavy atom. The number of carbonyl (C=O) groups excluding carboxylic acids is 1. The Bertz CT molecular complexity index is 1060. The second-order valence-electron chi connectivity index (χ2n) is 6.42. The number of carbonyl (C=O) groups is 1. The van der Waals surface area contributed by atoms with Crippen LogP contribution in [0.25, 0.3) is 16.9 Å². The van der Waals surface area contributed by atoms with Crippen LogP contribution in [0.15, 0.2) is 48.5 Å². The lowest BCUT2D eigenvalue weighted by molar-refractivity contribution is -0.384. The first-order chi connectivity index (χ1) is 14.5. The highest BCUT2D eigenvalue weighted by Gasteiger charge is 2.20. The first-order valence-corrected chi connectivity index (χ1v) is 9.34. The van der Waals surface area contributed by atoms with Crippen molar-refractivity contribution in [3.8, 4) is 28.4 Å². The Morgan fingerprint density at radius 3 is 2.47 bits per heavy atom. The van der Waals surface area contributed by atoms with E-state index in [-0.39, 0.29) is 11.6 Å². The third-order valence-corrected chi connectivity index (χ3v) is 4.47. The van der Waals surface area contributed by atoms with Gasteiger partial charge in [0.2, 0.25) is 0 Å². The van der Waals surface area contributed by atoms with Crippen LogP contribution in [0.4, 0.5) is 5.69 Å². The molecular formula is C21H22N4O5. The van der Waals surface area contributed by atoms with Crippen LogP contribution in [0.1, 0.15) is 23.8 Å². The minimum absolute atomic E-state index is 0.0417. The molecule has 0 saturated heterocycles. The number of nitrogens with zero attached hydrogens (tertiary/aromatic N) is 3. The fourth-order valence-corrected chi connectivity index (χ4v) is 2.93. The number of aromatic nitrogens is 2. The summed E-state index contributed by atoms with van der Waals surface area (Å²) in [6.45, 7) is 2.48. The predicted molar refractivity (Wildman–Crippen MR) is 111 cm³/mol. The third kappa shape index (κ3) is 4.24. The smallest absolute Gasteiger partial charge is 0.270 e. The molecule has 0 aliphatic rings. The van der Waals surface area contributed by atoms with E-state index in [1.165, 1.54) is 16.8 Å². The number of methoxy groups -OCH3 is 2. The fraction of sp³-hybridized carbons (Fsp3) is 0.238. The van der Waals surface area contributed by atoms with Gasteiger partial charge in [0.1, 0.15) is 17.2 Å². The zero-order valence-corrected chi connectivity index (χ0v) is 16.9. The van der Waals surface area contributed by atoms with Gasteiger partial charge < -0.3 is 14.8 Å². The maximum Gasteiger partial charge on any atom is 0.270 e. The molecule has 3 rings (SSSR count). The van der Waals surface area contributed by atoms with Gasteiger partial charge in [0.05, 0.1) is 30.5 Å². The van der Waals surface area contributed by atoms with E-state index >= 15 is 0 Å². The summed E-state index contributed by atoms with van der Waals surface area (Å²) < 4.78 is 12.2. The normalized spacial score (nSPS) is 10.5. The SMILES string of the molecule is CCCNC(=O)c1cc(-c2ccc(OC)cc2OC)nn1-c1ccc([N+](=O)[O-])cc1. The Kier molecular flexibility index (Phi) is 6.31. The highest BCUT2D eigenvalue weighted by molar-refractivity contribution is 5.94. The Balaban J connectivity index is 2.11. The lowest BCUT2D eigenvalue weighted by Crippen LogP contribution is -2.26. The van der Waals surface area contributed by atoms with Gasteiger partial charge in [-0.05, 0) is 36.8 Å². The second-order valence-corrected chi connectivity index (χ2v) is 6.42. The lowest BCUT2D eigenvalue weighted by Gasteiger charge is -2.08. The summed E-state index contributed by atoms with van der Waals surface area (Å²) in [6, 6.07) is 12.8. The van der Waals surface area contributed by atoms with Gasteiger partial charge in [-0.3, -0.25) is 14.9 Å². The van der Waals surface area contributed by atoms with Crippen LogP contribution in [-0.2, 0) is 0 Å². The Morgan fingerprint density at radius 2 is 1.87 bits per heavy atom. The summed E-state index contributed by atoms with van der Waals surface area (Å²) >= 11 is 0. The maximum atomic E-state index is 12.7. The molecule has 0 aliphatic carbocycles. The van der Waals surface area contributed by atoms with Crippen molar-refractivity contribution in [2.24, 2.45) is 0 Å². The summed E-state index contributed by atoms with van der Waals surface area (Å²) in [6.07, 6.45) is 0.788. The number of non-ortho nitro benzene ring substituents is 1. The van der Waals surface area contributed by atoms with Gasteiger partial charge >= 0.3 is 0 Å². The van der Waals surface area contributed by atoms with E-state index in [2.05, 4.69) is 10.4 Å². The second kappa shape index (κ2) is 9.08. The van der Waals surface area contributed by atoms with Crippen LogP contribution < -0.4 is 14.8 Å². The van der Waals surface area contributed by atoms with Crippen LogP contribution in [0.2, 0.25) is 0 Å². The summed E-state index contributed by atoms with van der Waals surface area (Å²) in [5, 5.41) is 18.4. The largest absolute Gasteiger partial charge is 0.497 e. The van der Waals surface area contributed by atoms with Gasteiger partial charge in [-0.2, -0.15) is 5.10 Å². The lowest BCUT2D eigenvalue weighted by atomic mass is 10.1. The van der Waals surface area contributed by atoms with E-state index in [0.717, 1.165) is 6.42 Å². The van der Waals surface area contributed by atoms with Crippen molar-refractivity contribution >= 4 is 11.6 Å². The number of rotatable bonds is 8. The molecule has 0 atom stereocenters. The molecule has 9 nitrogen and oxygen atoms in total. The minimum Gasteiger partial charge on any atom is -0.497 e. The average molecular weight is 410 g/mol. The third-order valence-electron chi connectivity index (χ3n) is 4.47. The van der Waals surface area contributed by atoms with E-state index in [4.69, 9.17) is 9.47 Å². The van der Waals surface area contributed by atoms with Crippen molar-refractivity contribution in [2.75, 3.05) is 20.8 Å². The summed E-state index contributed by atoms with van der Waals surface area (Å²) in [5.41, 5.74) is 2.00. The topological polar surface area (TPSA) is 109 Å². The van der Waals surface area contributed by atoms with Crippen molar-refractivity contribution < 1.29 is 19.2 Å². The number of nitro groups is 1. The highest BCUT2D eigenvalue weighted by atomic mass is 16.6. The van der Waals surface area contributed by atoms with Crippen molar-refractivity contribution in [1.29, 1.82) is 0 Å². The molecule has 2 aromatic carbocycles. The Hall–Kier alpha value is -3.88. The summed E-state index contributed by atoms with van der Waals surface area (Å²) in [4.78, 5) is 23.2. The van der Waals surface area contributed by atoms with E-state index in [9.17, 15) is 14.9 Å². The van der Waals surface area contributed by atoms with Gasteiger partial charge in [-0.1, -0.05) is 6.92 Å². The molecule has 0 unspecified atom stereocenters. The first-order valence-electron chi connectivity index (χ1n) is 9.34. The number of nitrogens with one attached hydrogen (secondary N) is 1. The molecule has 156 valence electrons. The molecule has 0 fully saturated rings. The quantitative estimate of drug-likeness (QED) is 0.449. The maximum absolute atomic E-state index is 12.7. The predicted octanol–water partition coefficient (Wildman–Crippen LogP) is 3.60. The number of ether oxygens (including phenoxy) is 2. The number of nitro benzene ring substituents is 1. The number of hydrogen-bond donors (Lipinski definition) is 1. The molecule has 1 N–H and O–H groups in total. The van der Waals surface area contributed by atoms with Crippen molar-refractivity contribution in [3.05, 3.63) is 64.3 Å². The molecule has 0 bridgehead atoms. The molecule has 0 saturated carbocycles. The highest BCUT2D eigenvalue weighted by Crippen LogP contribution is 2.33. The first kappa shape index (κ1) is 20.8. The molecule has 0 spiro atoms. The van der Waals surface area contributed by atoms with Gasteiger partial charge in [-0.25, -0.2) is 4.68 Å². The van der Waals surface area contributed by atoms with Crippen LogP contribution in [0.3, 0.4) is 0 Å². The molecule has 0 aliphatic heterocycles. The van der Waals surface area contributed by atoms with Crippen LogP contribution >= 0.6 is 0 Å². The Labute approximate surface area is 173 Å². The number of benzene rings is 2. The van der Waals surface area contributed by atoms with Crippen molar-refractivity contribution in [3.63, 3.8) is 0 Å².